The minimum absolute atomic E-state index is 0.0394. The summed E-state index contributed by atoms with van der Waals surface area (Å²) in [6.07, 6.45) is 3.12. The molecule has 0 spiro atoms. The SMILES string of the molecule is Cc1c(C)c(C)c(C(=O)NC2CCC(O)CC2)c(C)c1C. The first-order valence-corrected chi connectivity index (χ1v) is 7.88. The fraction of sp³-hybridized carbons (Fsp3) is 0.611. The van der Waals surface area contributed by atoms with Crippen LogP contribution in [0.25, 0.3) is 0 Å². The van der Waals surface area contributed by atoms with Crippen LogP contribution >= 0.6 is 0 Å². The topological polar surface area (TPSA) is 49.3 Å². The molecule has 0 heterocycles. The maximum absolute atomic E-state index is 12.7. The van der Waals surface area contributed by atoms with Crippen LogP contribution in [0.2, 0.25) is 0 Å². The lowest BCUT2D eigenvalue weighted by Crippen LogP contribution is -2.39. The van der Waals surface area contributed by atoms with Crippen LogP contribution < -0.4 is 5.32 Å². The van der Waals surface area contributed by atoms with Gasteiger partial charge in [-0.25, -0.2) is 0 Å². The molecule has 1 aromatic carbocycles. The van der Waals surface area contributed by atoms with Gasteiger partial charge in [0.15, 0.2) is 0 Å². The Balaban J connectivity index is 2.24. The second-order valence-electron chi connectivity index (χ2n) is 6.48. The second-order valence-corrected chi connectivity index (χ2v) is 6.48. The van der Waals surface area contributed by atoms with Crippen LogP contribution in [-0.4, -0.2) is 23.2 Å². The number of rotatable bonds is 2. The van der Waals surface area contributed by atoms with Crippen molar-refractivity contribution in [2.45, 2.75) is 72.4 Å². The van der Waals surface area contributed by atoms with E-state index < -0.39 is 0 Å². The molecular formula is C18H27NO2. The van der Waals surface area contributed by atoms with Gasteiger partial charge >= 0.3 is 0 Å². The highest BCUT2D eigenvalue weighted by molar-refractivity contribution is 5.98. The molecule has 0 aliphatic heterocycles. The Hall–Kier alpha value is -1.35. The fourth-order valence-corrected chi connectivity index (χ4v) is 3.32. The first-order chi connectivity index (χ1) is 9.82. The number of nitrogens with one attached hydrogen (secondary N) is 1. The van der Waals surface area contributed by atoms with Gasteiger partial charge in [0.05, 0.1) is 6.10 Å². The van der Waals surface area contributed by atoms with Crippen molar-refractivity contribution in [3.05, 3.63) is 33.4 Å². The molecule has 0 aromatic heterocycles. The van der Waals surface area contributed by atoms with Gasteiger partial charge in [-0.1, -0.05) is 0 Å². The normalized spacial score (nSPS) is 22.2. The van der Waals surface area contributed by atoms with Crippen LogP contribution in [0.5, 0.6) is 0 Å². The minimum Gasteiger partial charge on any atom is -0.393 e. The highest BCUT2D eigenvalue weighted by atomic mass is 16.3. The number of aliphatic hydroxyl groups is 1. The molecule has 2 N–H and O–H groups in total. The third-order valence-electron chi connectivity index (χ3n) is 5.26. The van der Waals surface area contributed by atoms with Gasteiger partial charge in [-0.2, -0.15) is 0 Å². The summed E-state index contributed by atoms with van der Waals surface area (Å²) in [5, 5.41) is 12.7. The zero-order valence-corrected chi connectivity index (χ0v) is 13.8. The van der Waals surface area contributed by atoms with E-state index in [0.717, 1.165) is 42.4 Å². The summed E-state index contributed by atoms with van der Waals surface area (Å²) in [5.74, 6) is 0.0394. The summed E-state index contributed by atoms with van der Waals surface area (Å²) in [6, 6.07) is 0.196. The average molecular weight is 289 g/mol. The number of hydrogen-bond acceptors (Lipinski definition) is 2. The molecule has 116 valence electrons. The lowest BCUT2D eigenvalue weighted by molar-refractivity contribution is 0.0866. The Morgan fingerprint density at radius 1 is 0.857 bits per heavy atom. The molecule has 1 saturated carbocycles. The molecule has 1 amide bonds. The molecule has 0 atom stereocenters. The smallest absolute Gasteiger partial charge is 0.252 e. The third kappa shape index (κ3) is 3.13. The van der Waals surface area contributed by atoms with Crippen molar-refractivity contribution >= 4 is 5.91 Å². The summed E-state index contributed by atoms with van der Waals surface area (Å²) in [6.45, 7) is 10.4. The van der Waals surface area contributed by atoms with Gasteiger partial charge in [0.1, 0.15) is 0 Å². The Bertz CT molecular complexity index is 526. The Morgan fingerprint density at radius 2 is 1.29 bits per heavy atom. The van der Waals surface area contributed by atoms with Gasteiger partial charge in [-0.15, -0.1) is 0 Å². The van der Waals surface area contributed by atoms with Gasteiger partial charge < -0.3 is 10.4 Å². The number of aliphatic hydroxyl groups excluding tert-OH is 1. The van der Waals surface area contributed by atoms with Gasteiger partial charge in [0.25, 0.3) is 5.91 Å². The van der Waals surface area contributed by atoms with Gasteiger partial charge in [0, 0.05) is 11.6 Å². The second kappa shape index (κ2) is 6.18. The summed E-state index contributed by atoms with van der Waals surface area (Å²) < 4.78 is 0. The van der Waals surface area contributed by atoms with Gasteiger partial charge in [0.2, 0.25) is 0 Å². The predicted molar refractivity (Wildman–Crippen MR) is 85.9 cm³/mol. The molecule has 0 unspecified atom stereocenters. The monoisotopic (exact) mass is 289 g/mol. The molecule has 1 aliphatic rings. The molecule has 0 radical (unpaired) electrons. The van der Waals surface area contributed by atoms with Crippen LogP contribution in [0.15, 0.2) is 0 Å². The first-order valence-electron chi connectivity index (χ1n) is 7.88. The third-order valence-corrected chi connectivity index (χ3v) is 5.26. The Labute approximate surface area is 127 Å². The van der Waals surface area contributed by atoms with Crippen molar-refractivity contribution < 1.29 is 9.90 Å². The maximum Gasteiger partial charge on any atom is 0.252 e. The van der Waals surface area contributed by atoms with Crippen LogP contribution in [-0.2, 0) is 0 Å². The van der Waals surface area contributed by atoms with Crippen molar-refractivity contribution in [2.24, 2.45) is 0 Å². The molecule has 1 aromatic rings. The van der Waals surface area contributed by atoms with Crippen LogP contribution in [0.4, 0.5) is 0 Å². The van der Waals surface area contributed by atoms with E-state index in [9.17, 15) is 9.90 Å². The lowest BCUT2D eigenvalue weighted by Gasteiger charge is -2.27. The van der Waals surface area contributed by atoms with Crippen molar-refractivity contribution in [1.29, 1.82) is 0 Å². The fourth-order valence-electron chi connectivity index (χ4n) is 3.32. The van der Waals surface area contributed by atoms with E-state index in [1.165, 1.54) is 16.7 Å². The van der Waals surface area contributed by atoms with Gasteiger partial charge in [-0.05, 0) is 88.1 Å². The zero-order valence-electron chi connectivity index (χ0n) is 13.8. The van der Waals surface area contributed by atoms with Crippen molar-refractivity contribution in [1.82, 2.24) is 5.32 Å². The molecule has 1 aliphatic carbocycles. The van der Waals surface area contributed by atoms with Crippen molar-refractivity contribution in [3.8, 4) is 0 Å². The molecule has 0 saturated heterocycles. The Kier molecular flexibility index (Phi) is 4.72. The lowest BCUT2D eigenvalue weighted by atomic mass is 9.88. The van der Waals surface area contributed by atoms with Crippen molar-refractivity contribution in [2.75, 3.05) is 0 Å². The van der Waals surface area contributed by atoms with E-state index >= 15 is 0 Å². The molecule has 3 heteroatoms. The van der Waals surface area contributed by atoms with Crippen LogP contribution in [0, 0.1) is 34.6 Å². The number of amides is 1. The molecule has 0 bridgehead atoms. The van der Waals surface area contributed by atoms with E-state index in [2.05, 4.69) is 26.1 Å². The van der Waals surface area contributed by atoms with E-state index in [0.29, 0.717) is 0 Å². The molecule has 2 rings (SSSR count). The summed E-state index contributed by atoms with van der Waals surface area (Å²) in [5.41, 5.74) is 6.71. The largest absolute Gasteiger partial charge is 0.393 e. The minimum atomic E-state index is -0.189. The molecule has 1 fully saturated rings. The highest BCUT2D eigenvalue weighted by Gasteiger charge is 2.24. The van der Waals surface area contributed by atoms with E-state index in [1.807, 2.05) is 13.8 Å². The van der Waals surface area contributed by atoms with E-state index in [1.54, 1.807) is 0 Å². The molecule has 3 nitrogen and oxygen atoms in total. The highest BCUT2D eigenvalue weighted by Crippen LogP contribution is 2.26. The summed E-state index contributed by atoms with van der Waals surface area (Å²) in [4.78, 5) is 12.7. The maximum atomic E-state index is 12.7. The Morgan fingerprint density at radius 3 is 1.76 bits per heavy atom. The number of carbonyl (C=O) groups is 1. The van der Waals surface area contributed by atoms with Crippen molar-refractivity contribution in [3.63, 3.8) is 0 Å². The molecule has 21 heavy (non-hydrogen) atoms. The number of carbonyl (C=O) groups excluding carboxylic acids is 1. The van der Waals surface area contributed by atoms with E-state index in [-0.39, 0.29) is 18.1 Å². The first kappa shape index (κ1) is 16.0. The quantitative estimate of drug-likeness (QED) is 0.878. The summed E-state index contributed by atoms with van der Waals surface area (Å²) >= 11 is 0. The molecular weight excluding hydrogens is 262 g/mol. The van der Waals surface area contributed by atoms with Gasteiger partial charge in [-0.3, -0.25) is 4.79 Å². The van der Waals surface area contributed by atoms with E-state index in [4.69, 9.17) is 0 Å². The van der Waals surface area contributed by atoms with Crippen LogP contribution in [0.1, 0.15) is 63.9 Å². The number of hydrogen-bond donors (Lipinski definition) is 2. The zero-order chi connectivity index (χ0) is 15.7. The summed E-state index contributed by atoms with van der Waals surface area (Å²) in [7, 11) is 0. The number of benzene rings is 1. The predicted octanol–water partition coefficient (Wildman–Crippen LogP) is 3.26. The van der Waals surface area contributed by atoms with Crippen LogP contribution in [0.3, 0.4) is 0 Å². The standard InChI is InChI=1S/C18H27NO2/c1-10-11(2)13(4)17(14(5)12(10)3)18(21)19-15-6-8-16(20)9-7-15/h15-16,20H,6-9H2,1-5H3,(H,19,21). The average Bonchev–Trinajstić information content (AvgIpc) is 2.46.